The lowest BCUT2D eigenvalue weighted by atomic mass is 10.0. The highest BCUT2D eigenvalue weighted by Crippen LogP contribution is 2.26. The Labute approximate surface area is 142 Å². The number of carbonyl (C=O) groups is 1. The van der Waals surface area contributed by atoms with E-state index in [1.165, 1.54) is 16.9 Å². The molecule has 2 aromatic rings. The van der Waals surface area contributed by atoms with Gasteiger partial charge in [0.15, 0.2) is 0 Å². The van der Waals surface area contributed by atoms with Crippen molar-refractivity contribution in [3.05, 3.63) is 66.2 Å². The van der Waals surface area contributed by atoms with Crippen LogP contribution in [0.5, 0.6) is 0 Å². The number of carbonyl (C=O) groups excluding carboxylic acids is 1. The monoisotopic (exact) mass is 326 g/mol. The van der Waals surface area contributed by atoms with Gasteiger partial charge in [-0.1, -0.05) is 50.3 Å². The van der Waals surface area contributed by atoms with Gasteiger partial charge in [0.05, 0.1) is 0 Å². The zero-order chi connectivity index (χ0) is 16.8. The minimum Gasteiger partial charge on any atom is -0.330 e. The normalized spacial score (nSPS) is 10.6. The van der Waals surface area contributed by atoms with E-state index in [0.29, 0.717) is 24.7 Å². The van der Waals surface area contributed by atoms with Crippen LogP contribution in [-0.4, -0.2) is 28.9 Å². The molecule has 0 fully saturated rings. The standard InChI is InChI=1S/C19H22N2OS/c1-5-11-21(12-6-2)19(22)17-13-23-18(20-17)16-9-7-15(8-10-16)14(3)4/h5-10,13-14H,1-2,11-12H2,3-4H3. The zero-order valence-electron chi connectivity index (χ0n) is 13.7. The van der Waals surface area contributed by atoms with E-state index >= 15 is 0 Å². The Kier molecular flexibility index (Phi) is 5.88. The van der Waals surface area contributed by atoms with E-state index in [0.717, 1.165) is 10.6 Å². The number of thiazole rings is 1. The van der Waals surface area contributed by atoms with Crippen LogP contribution in [-0.2, 0) is 0 Å². The average molecular weight is 326 g/mol. The van der Waals surface area contributed by atoms with Crippen LogP contribution >= 0.6 is 11.3 Å². The molecular weight excluding hydrogens is 304 g/mol. The number of rotatable bonds is 7. The summed E-state index contributed by atoms with van der Waals surface area (Å²) >= 11 is 1.49. The smallest absolute Gasteiger partial charge is 0.273 e. The van der Waals surface area contributed by atoms with Crippen molar-refractivity contribution in [3.63, 3.8) is 0 Å². The lowest BCUT2D eigenvalue weighted by Crippen LogP contribution is -2.31. The Morgan fingerprint density at radius 2 is 1.83 bits per heavy atom. The second-order valence-electron chi connectivity index (χ2n) is 5.60. The van der Waals surface area contributed by atoms with E-state index in [9.17, 15) is 4.79 Å². The molecule has 0 radical (unpaired) electrons. The highest BCUT2D eigenvalue weighted by atomic mass is 32.1. The Balaban J connectivity index is 2.20. The first kappa shape index (κ1) is 17.2. The van der Waals surface area contributed by atoms with Crippen LogP contribution in [0, 0.1) is 0 Å². The molecule has 3 nitrogen and oxygen atoms in total. The van der Waals surface area contributed by atoms with E-state index in [1.54, 1.807) is 17.1 Å². The van der Waals surface area contributed by atoms with E-state index in [2.05, 4.69) is 56.3 Å². The second-order valence-corrected chi connectivity index (χ2v) is 6.46. The fourth-order valence-corrected chi connectivity index (χ4v) is 3.03. The Morgan fingerprint density at radius 3 is 2.35 bits per heavy atom. The number of nitrogens with zero attached hydrogens (tertiary/aromatic N) is 2. The van der Waals surface area contributed by atoms with Crippen LogP contribution in [0.4, 0.5) is 0 Å². The van der Waals surface area contributed by atoms with Gasteiger partial charge in [0.25, 0.3) is 5.91 Å². The predicted octanol–water partition coefficient (Wildman–Crippen LogP) is 4.75. The summed E-state index contributed by atoms with van der Waals surface area (Å²) in [6.45, 7) is 12.7. The van der Waals surface area contributed by atoms with Crippen molar-refractivity contribution < 1.29 is 4.79 Å². The molecule has 0 atom stereocenters. The third kappa shape index (κ3) is 4.17. The molecule has 23 heavy (non-hydrogen) atoms. The van der Waals surface area contributed by atoms with Gasteiger partial charge in [-0.2, -0.15) is 0 Å². The summed E-state index contributed by atoms with van der Waals surface area (Å²) < 4.78 is 0. The summed E-state index contributed by atoms with van der Waals surface area (Å²) in [5.74, 6) is 0.412. The molecule has 0 spiro atoms. The number of amides is 1. The second kappa shape index (κ2) is 7.88. The van der Waals surface area contributed by atoms with E-state index in [1.807, 2.05) is 5.38 Å². The van der Waals surface area contributed by atoms with Gasteiger partial charge in [-0.15, -0.1) is 24.5 Å². The predicted molar refractivity (Wildman–Crippen MR) is 97.9 cm³/mol. The van der Waals surface area contributed by atoms with Gasteiger partial charge >= 0.3 is 0 Å². The van der Waals surface area contributed by atoms with Crippen LogP contribution in [0.3, 0.4) is 0 Å². The van der Waals surface area contributed by atoms with Crippen molar-refractivity contribution in [1.29, 1.82) is 0 Å². The lowest BCUT2D eigenvalue weighted by Gasteiger charge is -2.17. The van der Waals surface area contributed by atoms with Crippen LogP contribution in [0.2, 0.25) is 0 Å². The van der Waals surface area contributed by atoms with Crippen LogP contribution in [0.25, 0.3) is 10.6 Å². The summed E-state index contributed by atoms with van der Waals surface area (Å²) in [4.78, 5) is 18.7. The van der Waals surface area contributed by atoms with Crippen molar-refractivity contribution in [1.82, 2.24) is 9.88 Å². The highest BCUT2D eigenvalue weighted by molar-refractivity contribution is 7.13. The number of aromatic nitrogens is 1. The van der Waals surface area contributed by atoms with Crippen LogP contribution < -0.4 is 0 Å². The molecule has 1 aromatic heterocycles. The number of benzene rings is 1. The fourth-order valence-electron chi connectivity index (χ4n) is 2.23. The molecule has 0 unspecified atom stereocenters. The van der Waals surface area contributed by atoms with Gasteiger partial charge in [-0.05, 0) is 11.5 Å². The number of hydrogen-bond donors (Lipinski definition) is 0. The SMILES string of the molecule is C=CCN(CC=C)C(=O)c1csc(-c2ccc(C(C)C)cc2)n1. The Bertz CT molecular complexity index is 676. The molecular formula is C19H22N2OS. The molecule has 0 N–H and O–H groups in total. The van der Waals surface area contributed by atoms with Crippen molar-refractivity contribution in [3.8, 4) is 10.6 Å². The molecule has 4 heteroatoms. The molecule has 0 saturated heterocycles. The van der Waals surface area contributed by atoms with Crippen molar-refractivity contribution in [2.75, 3.05) is 13.1 Å². The molecule has 0 saturated carbocycles. The number of hydrogen-bond acceptors (Lipinski definition) is 3. The van der Waals surface area contributed by atoms with E-state index in [-0.39, 0.29) is 5.91 Å². The molecule has 1 amide bonds. The molecule has 1 heterocycles. The maximum atomic E-state index is 12.5. The summed E-state index contributed by atoms with van der Waals surface area (Å²) in [5, 5.41) is 2.67. The quantitative estimate of drug-likeness (QED) is 0.688. The molecule has 2 rings (SSSR count). The first-order chi connectivity index (χ1) is 11.1. The van der Waals surface area contributed by atoms with Gasteiger partial charge in [0, 0.05) is 24.0 Å². The largest absolute Gasteiger partial charge is 0.330 e. The van der Waals surface area contributed by atoms with Gasteiger partial charge in [0.1, 0.15) is 10.7 Å². The van der Waals surface area contributed by atoms with Crippen molar-refractivity contribution in [2.24, 2.45) is 0 Å². The summed E-state index contributed by atoms with van der Waals surface area (Å²) in [7, 11) is 0. The third-order valence-corrected chi connectivity index (χ3v) is 4.43. The van der Waals surface area contributed by atoms with Crippen LogP contribution in [0.1, 0.15) is 35.8 Å². The maximum Gasteiger partial charge on any atom is 0.273 e. The fraction of sp³-hybridized carbons (Fsp3) is 0.263. The van der Waals surface area contributed by atoms with E-state index in [4.69, 9.17) is 0 Å². The highest BCUT2D eigenvalue weighted by Gasteiger charge is 2.17. The molecule has 0 bridgehead atoms. The topological polar surface area (TPSA) is 33.2 Å². The van der Waals surface area contributed by atoms with Gasteiger partial charge < -0.3 is 4.90 Å². The van der Waals surface area contributed by atoms with Crippen molar-refractivity contribution in [2.45, 2.75) is 19.8 Å². The maximum absolute atomic E-state index is 12.5. The summed E-state index contributed by atoms with van der Waals surface area (Å²) in [6.07, 6.45) is 3.42. The third-order valence-electron chi connectivity index (χ3n) is 3.53. The molecule has 1 aromatic carbocycles. The first-order valence-electron chi connectivity index (χ1n) is 7.63. The van der Waals surface area contributed by atoms with Crippen molar-refractivity contribution >= 4 is 17.2 Å². The minimum atomic E-state index is -0.0916. The average Bonchev–Trinajstić information content (AvgIpc) is 3.04. The lowest BCUT2D eigenvalue weighted by molar-refractivity contribution is 0.0786. The zero-order valence-corrected chi connectivity index (χ0v) is 14.5. The van der Waals surface area contributed by atoms with Gasteiger partial charge in [0.2, 0.25) is 0 Å². The van der Waals surface area contributed by atoms with Gasteiger partial charge in [-0.3, -0.25) is 4.79 Å². The van der Waals surface area contributed by atoms with Crippen LogP contribution in [0.15, 0.2) is 55.0 Å². The first-order valence-corrected chi connectivity index (χ1v) is 8.51. The Hall–Kier alpha value is -2.20. The molecule has 120 valence electrons. The minimum absolute atomic E-state index is 0.0916. The molecule has 0 aliphatic carbocycles. The molecule has 0 aliphatic rings. The van der Waals surface area contributed by atoms with E-state index < -0.39 is 0 Å². The summed E-state index contributed by atoms with van der Waals surface area (Å²) in [5.41, 5.74) is 2.81. The molecule has 0 aliphatic heterocycles. The Morgan fingerprint density at radius 1 is 1.22 bits per heavy atom. The summed E-state index contributed by atoms with van der Waals surface area (Å²) in [6, 6.07) is 8.36. The van der Waals surface area contributed by atoms with Gasteiger partial charge in [-0.25, -0.2) is 4.98 Å².